The number of esters is 1. The summed E-state index contributed by atoms with van der Waals surface area (Å²) in [6.07, 6.45) is 2.95. The molecule has 1 aromatic carbocycles. The minimum Gasteiger partial charge on any atom is -0.463 e. The zero-order chi connectivity index (χ0) is 12.7. The normalized spacial score (nSPS) is 10.2. The number of anilines is 1. The Morgan fingerprint density at radius 2 is 2.06 bits per heavy atom. The molecule has 0 aliphatic heterocycles. The number of carbonyl (C=O) groups excluding carboxylic acids is 2. The summed E-state index contributed by atoms with van der Waals surface area (Å²) in [5.74, 6) is -0.549. The number of ether oxygens (including phenoxy) is 1. The van der Waals surface area contributed by atoms with Gasteiger partial charge >= 0.3 is 5.97 Å². The fourth-order valence-corrected chi connectivity index (χ4v) is 1.29. The second-order valence-corrected chi connectivity index (χ2v) is 3.35. The maximum absolute atomic E-state index is 11.2. The lowest BCUT2D eigenvalue weighted by Gasteiger charge is -2.05. The largest absolute Gasteiger partial charge is 0.463 e. The summed E-state index contributed by atoms with van der Waals surface area (Å²) in [5, 5.41) is 2.69. The van der Waals surface area contributed by atoms with Gasteiger partial charge in [0.05, 0.1) is 6.61 Å². The lowest BCUT2D eigenvalue weighted by Crippen LogP contribution is -2.07. The highest BCUT2D eigenvalue weighted by atomic mass is 16.5. The second kappa shape index (κ2) is 6.48. The van der Waals surface area contributed by atoms with Gasteiger partial charge in [-0.1, -0.05) is 18.2 Å². The van der Waals surface area contributed by atoms with Crippen LogP contribution in [0.1, 0.15) is 19.4 Å². The molecular weight excluding hydrogens is 218 g/mol. The third-order valence-corrected chi connectivity index (χ3v) is 1.96. The van der Waals surface area contributed by atoms with Crippen LogP contribution in [0, 0.1) is 0 Å². The third kappa shape index (κ3) is 4.51. The Kier molecular flexibility index (Phi) is 4.94. The summed E-state index contributed by atoms with van der Waals surface area (Å²) in [7, 11) is 0. The molecule has 4 nitrogen and oxygen atoms in total. The Morgan fingerprint density at radius 3 is 2.71 bits per heavy atom. The summed E-state index contributed by atoms with van der Waals surface area (Å²) in [6.45, 7) is 3.53. The molecule has 0 fully saturated rings. The SMILES string of the molecule is CCOC(=O)/C=C\c1ccccc1NC(C)=O. The number of hydrogen-bond donors (Lipinski definition) is 1. The van der Waals surface area contributed by atoms with E-state index in [9.17, 15) is 9.59 Å². The van der Waals surface area contributed by atoms with Crippen molar-refractivity contribution in [3.05, 3.63) is 35.9 Å². The van der Waals surface area contributed by atoms with Crippen LogP contribution in [0.4, 0.5) is 5.69 Å². The molecule has 0 spiro atoms. The topological polar surface area (TPSA) is 55.4 Å². The van der Waals surface area contributed by atoms with E-state index in [1.165, 1.54) is 13.0 Å². The minimum atomic E-state index is -0.398. The van der Waals surface area contributed by atoms with Gasteiger partial charge in [0.25, 0.3) is 0 Å². The molecule has 4 heteroatoms. The molecule has 1 rings (SSSR count). The summed E-state index contributed by atoms with van der Waals surface area (Å²) >= 11 is 0. The molecule has 0 aliphatic rings. The number of benzene rings is 1. The van der Waals surface area contributed by atoms with Crippen molar-refractivity contribution in [2.75, 3.05) is 11.9 Å². The van der Waals surface area contributed by atoms with Gasteiger partial charge in [0, 0.05) is 18.7 Å². The van der Waals surface area contributed by atoms with E-state index < -0.39 is 5.97 Å². The number of carbonyl (C=O) groups is 2. The van der Waals surface area contributed by atoms with Crippen molar-refractivity contribution in [1.82, 2.24) is 0 Å². The van der Waals surface area contributed by atoms with E-state index in [1.54, 1.807) is 25.1 Å². The highest BCUT2D eigenvalue weighted by Gasteiger charge is 2.01. The summed E-state index contributed by atoms with van der Waals surface area (Å²) in [5.41, 5.74) is 1.43. The standard InChI is InChI=1S/C13H15NO3/c1-3-17-13(16)9-8-11-6-4-5-7-12(11)14-10(2)15/h4-9H,3H2,1-2H3,(H,14,15)/b9-8-. The molecule has 0 atom stereocenters. The van der Waals surface area contributed by atoms with E-state index in [-0.39, 0.29) is 5.91 Å². The maximum Gasteiger partial charge on any atom is 0.330 e. The number of nitrogens with one attached hydrogen (secondary N) is 1. The van der Waals surface area contributed by atoms with Crippen LogP contribution >= 0.6 is 0 Å². The van der Waals surface area contributed by atoms with E-state index >= 15 is 0 Å². The van der Waals surface area contributed by atoms with Crippen LogP contribution in [0.2, 0.25) is 0 Å². The van der Waals surface area contributed by atoms with E-state index in [2.05, 4.69) is 5.32 Å². The van der Waals surface area contributed by atoms with E-state index in [0.29, 0.717) is 12.3 Å². The lowest BCUT2D eigenvalue weighted by atomic mass is 10.1. The average molecular weight is 233 g/mol. The van der Waals surface area contributed by atoms with Crippen molar-refractivity contribution < 1.29 is 14.3 Å². The molecule has 0 bridgehead atoms. The van der Waals surface area contributed by atoms with Gasteiger partial charge < -0.3 is 10.1 Å². The van der Waals surface area contributed by atoms with Crippen LogP contribution in [-0.2, 0) is 14.3 Å². The monoisotopic (exact) mass is 233 g/mol. The number of rotatable bonds is 4. The molecule has 0 saturated heterocycles. The predicted molar refractivity (Wildman–Crippen MR) is 66.4 cm³/mol. The van der Waals surface area contributed by atoms with Gasteiger partial charge in [-0.2, -0.15) is 0 Å². The van der Waals surface area contributed by atoms with Crippen molar-refractivity contribution in [3.63, 3.8) is 0 Å². The van der Waals surface area contributed by atoms with Crippen LogP contribution < -0.4 is 5.32 Å². The summed E-state index contributed by atoms with van der Waals surface area (Å²) in [6, 6.07) is 7.22. The first-order valence-electron chi connectivity index (χ1n) is 5.35. The van der Waals surface area contributed by atoms with Crippen LogP contribution in [0.5, 0.6) is 0 Å². The molecule has 0 radical (unpaired) electrons. The van der Waals surface area contributed by atoms with Gasteiger partial charge in [0.2, 0.25) is 5.91 Å². The molecule has 0 heterocycles. The first kappa shape index (κ1) is 13.0. The Labute approximate surface area is 100 Å². The Bertz CT molecular complexity index is 438. The van der Waals surface area contributed by atoms with Crippen molar-refractivity contribution in [2.45, 2.75) is 13.8 Å². The predicted octanol–water partition coefficient (Wildman–Crippen LogP) is 2.22. The van der Waals surface area contributed by atoms with Crippen LogP contribution in [-0.4, -0.2) is 18.5 Å². The first-order valence-corrected chi connectivity index (χ1v) is 5.35. The Hall–Kier alpha value is -2.10. The molecule has 0 unspecified atom stereocenters. The van der Waals surface area contributed by atoms with Gasteiger partial charge in [-0.25, -0.2) is 4.79 Å². The highest BCUT2D eigenvalue weighted by molar-refractivity contribution is 5.93. The van der Waals surface area contributed by atoms with Crippen molar-refractivity contribution >= 4 is 23.6 Å². The van der Waals surface area contributed by atoms with E-state index in [0.717, 1.165) is 5.56 Å². The Balaban J connectivity index is 2.83. The fourth-order valence-electron chi connectivity index (χ4n) is 1.29. The van der Waals surface area contributed by atoms with Gasteiger partial charge in [-0.05, 0) is 24.6 Å². The number of hydrogen-bond acceptors (Lipinski definition) is 3. The van der Waals surface area contributed by atoms with E-state index in [4.69, 9.17) is 4.74 Å². The molecular formula is C13H15NO3. The van der Waals surface area contributed by atoms with Crippen LogP contribution in [0.15, 0.2) is 30.3 Å². The molecule has 1 aromatic rings. The molecule has 90 valence electrons. The average Bonchev–Trinajstić information content (AvgIpc) is 2.27. The quantitative estimate of drug-likeness (QED) is 0.640. The first-order chi connectivity index (χ1) is 8.13. The third-order valence-electron chi connectivity index (χ3n) is 1.96. The smallest absolute Gasteiger partial charge is 0.330 e. The number of amides is 1. The van der Waals surface area contributed by atoms with Crippen LogP contribution in [0.3, 0.4) is 0 Å². The van der Waals surface area contributed by atoms with E-state index in [1.807, 2.05) is 12.1 Å². The van der Waals surface area contributed by atoms with Gasteiger partial charge in [0.15, 0.2) is 0 Å². The summed E-state index contributed by atoms with van der Waals surface area (Å²) in [4.78, 5) is 22.1. The number of para-hydroxylation sites is 1. The minimum absolute atomic E-state index is 0.151. The van der Waals surface area contributed by atoms with Crippen LogP contribution in [0.25, 0.3) is 6.08 Å². The molecule has 17 heavy (non-hydrogen) atoms. The highest BCUT2D eigenvalue weighted by Crippen LogP contribution is 2.16. The maximum atomic E-state index is 11.2. The molecule has 0 saturated carbocycles. The van der Waals surface area contributed by atoms with Crippen molar-refractivity contribution in [3.8, 4) is 0 Å². The molecule has 1 N–H and O–H groups in total. The van der Waals surface area contributed by atoms with Gasteiger partial charge in [0.1, 0.15) is 0 Å². The molecule has 0 aliphatic carbocycles. The molecule has 0 aromatic heterocycles. The lowest BCUT2D eigenvalue weighted by molar-refractivity contribution is -0.137. The zero-order valence-electron chi connectivity index (χ0n) is 9.90. The van der Waals surface area contributed by atoms with Crippen molar-refractivity contribution in [2.24, 2.45) is 0 Å². The van der Waals surface area contributed by atoms with Crippen molar-refractivity contribution in [1.29, 1.82) is 0 Å². The zero-order valence-corrected chi connectivity index (χ0v) is 9.90. The van der Waals surface area contributed by atoms with Gasteiger partial charge in [-0.15, -0.1) is 0 Å². The second-order valence-electron chi connectivity index (χ2n) is 3.35. The Morgan fingerprint density at radius 1 is 1.35 bits per heavy atom. The summed E-state index contributed by atoms with van der Waals surface area (Å²) < 4.78 is 4.77. The fraction of sp³-hybridized carbons (Fsp3) is 0.231. The molecule has 1 amide bonds. The van der Waals surface area contributed by atoms with Gasteiger partial charge in [-0.3, -0.25) is 4.79 Å².